The molecule has 5 nitrogen and oxygen atoms in total. The summed E-state index contributed by atoms with van der Waals surface area (Å²) in [6.45, 7) is 3.01. The Morgan fingerprint density at radius 1 is 1.33 bits per heavy atom. The van der Waals surface area contributed by atoms with Gasteiger partial charge in [-0.2, -0.15) is 0 Å². The average Bonchev–Trinajstić information content (AvgIpc) is 3.02. The van der Waals surface area contributed by atoms with E-state index in [2.05, 4.69) is 24.4 Å². The second kappa shape index (κ2) is 7.86. The van der Waals surface area contributed by atoms with Crippen LogP contribution in [0.5, 0.6) is 0 Å². The van der Waals surface area contributed by atoms with Crippen molar-refractivity contribution in [2.24, 2.45) is 11.7 Å². The van der Waals surface area contributed by atoms with E-state index in [4.69, 9.17) is 15.7 Å². The van der Waals surface area contributed by atoms with Crippen LogP contribution in [0.4, 0.5) is 5.82 Å². The van der Waals surface area contributed by atoms with Gasteiger partial charge in [0.1, 0.15) is 10.6 Å². The molecule has 27 heavy (non-hydrogen) atoms. The summed E-state index contributed by atoms with van der Waals surface area (Å²) in [7, 11) is 0. The van der Waals surface area contributed by atoms with Gasteiger partial charge in [-0.15, -0.1) is 11.3 Å². The van der Waals surface area contributed by atoms with Gasteiger partial charge < -0.3 is 11.1 Å². The van der Waals surface area contributed by atoms with E-state index >= 15 is 0 Å². The van der Waals surface area contributed by atoms with Crippen molar-refractivity contribution >= 4 is 45.0 Å². The maximum absolute atomic E-state index is 11.2. The summed E-state index contributed by atoms with van der Waals surface area (Å²) in [5, 5.41) is 5.26. The van der Waals surface area contributed by atoms with Crippen molar-refractivity contribution in [3.63, 3.8) is 0 Å². The predicted molar refractivity (Wildman–Crippen MR) is 112 cm³/mol. The lowest BCUT2D eigenvalue weighted by Crippen LogP contribution is -2.13. The largest absolute Gasteiger partial charge is 0.369 e. The van der Waals surface area contributed by atoms with Crippen LogP contribution in [0.2, 0.25) is 0 Å². The van der Waals surface area contributed by atoms with Gasteiger partial charge in [-0.05, 0) is 36.3 Å². The standard InChI is InChI=1S/C20H22N4OS2/c1-12-7-8-14-15(9-12)27-19-17(14)18(22-10-13-5-3-2-4-6-13)23-20(24-19)26-11-16(21)25/h2-6,12H,7-11H2,1H3,(H2,21,25)(H,22,23,24). The van der Waals surface area contributed by atoms with Gasteiger partial charge in [0.2, 0.25) is 5.91 Å². The molecule has 2 heterocycles. The SMILES string of the molecule is CC1CCc2c(sc3nc(SCC(N)=O)nc(NCc4ccccc4)c23)C1. The summed E-state index contributed by atoms with van der Waals surface area (Å²) in [6, 6.07) is 10.3. The molecule has 0 radical (unpaired) electrons. The number of hydrogen-bond acceptors (Lipinski definition) is 6. The molecular weight excluding hydrogens is 376 g/mol. The maximum atomic E-state index is 11.2. The van der Waals surface area contributed by atoms with Gasteiger partial charge in [0.15, 0.2) is 5.16 Å². The number of carbonyl (C=O) groups excluding carboxylic acids is 1. The van der Waals surface area contributed by atoms with E-state index in [0.29, 0.717) is 17.6 Å². The number of hydrogen-bond donors (Lipinski definition) is 2. The second-order valence-electron chi connectivity index (χ2n) is 6.98. The monoisotopic (exact) mass is 398 g/mol. The number of primary amides is 1. The van der Waals surface area contributed by atoms with E-state index in [0.717, 1.165) is 28.9 Å². The molecule has 1 amide bonds. The van der Waals surface area contributed by atoms with E-state index in [1.54, 1.807) is 11.3 Å². The summed E-state index contributed by atoms with van der Waals surface area (Å²) < 4.78 is 0. The topological polar surface area (TPSA) is 80.9 Å². The number of amides is 1. The molecule has 3 aromatic rings. The first kappa shape index (κ1) is 18.3. The van der Waals surface area contributed by atoms with Crippen LogP contribution in [0.1, 0.15) is 29.3 Å². The molecule has 0 bridgehead atoms. The molecule has 1 atom stereocenters. The third-order valence-corrected chi connectivity index (χ3v) is 6.80. The molecule has 4 rings (SSSR count). The zero-order valence-electron chi connectivity index (χ0n) is 15.2. The van der Waals surface area contributed by atoms with Crippen molar-refractivity contribution in [3.8, 4) is 0 Å². The van der Waals surface area contributed by atoms with Gasteiger partial charge >= 0.3 is 0 Å². The number of rotatable bonds is 6. The maximum Gasteiger partial charge on any atom is 0.227 e. The molecule has 0 aliphatic heterocycles. The zero-order valence-corrected chi connectivity index (χ0v) is 16.8. The third-order valence-electron chi connectivity index (χ3n) is 4.78. The molecule has 0 spiro atoms. The highest BCUT2D eigenvalue weighted by atomic mass is 32.2. The molecule has 2 aromatic heterocycles. The zero-order chi connectivity index (χ0) is 18.8. The van der Waals surface area contributed by atoms with Crippen LogP contribution >= 0.6 is 23.1 Å². The van der Waals surface area contributed by atoms with Gasteiger partial charge in [-0.1, -0.05) is 49.0 Å². The van der Waals surface area contributed by atoms with Gasteiger partial charge in [0.25, 0.3) is 0 Å². The summed E-state index contributed by atoms with van der Waals surface area (Å²) in [5.74, 6) is 1.40. The molecule has 3 N–H and O–H groups in total. The Balaban J connectivity index is 1.71. The lowest BCUT2D eigenvalue weighted by Gasteiger charge is -2.18. The normalized spacial score (nSPS) is 16.3. The molecule has 1 aromatic carbocycles. The van der Waals surface area contributed by atoms with E-state index < -0.39 is 0 Å². The average molecular weight is 399 g/mol. The highest BCUT2D eigenvalue weighted by molar-refractivity contribution is 7.99. The predicted octanol–water partition coefficient (Wildman–Crippen LogP) is 4.01. The van der Waals surface area contributed by atoms with Crippen molar-refractivity contribution in [2.45, 2.75) is 37.9 Å². The van der Waals surface area contributed by atoms with Crippen LogP contribution in [0.3, 0.4) is 0 Å². The molecular formula is C20H22N4OS2. The minimum absolute atomic E-state index is 0.186. The number of benzene rings is 1. The molecule has 1 aliphatic carbocycles. The number of carbonyl (C=O) groups is 1. The van der Waals surface area contributed by atoms with E-state index in [1.807, 2.05) is 18.2 Å². The van der Waals surface area contributed by atoms with Gasteiger partial charge in [-0.25, -0.2) is 9.97 Å². The Morgan fingerprint density at radius 3 is 2.93 bits per heavy atom. The highest BCUT2D eigenvalue weighted by Gasteiger charge is 2.24. The van der Waals surface area contributed by atoms with Crippen LogP contribution in [-0.4, -0.2) is 21.6 Å². The number of thiophene rings is 1. The van der Waals surface area contributed by atoms with E-state index in [1.165, 1.54) is 34.2 Å². The Hall–Kier alpha value is -2.12. The minimum atomic E-state index is -0.359. The Morgan fingerprint density at radius 2 is 2.15 bits per heavy atom. The Bertz CT molecular complexity index is 971. The summed E-state index contributed by atoms with van der Waals surface area (Å²) in [5.41, 5.74) is 7.89. The van der Waals surface area contributed by atoms with Crippen LogP contribution in [-0.2, 0) is 24.2 Å². The van der Waals surface area contributed by atoms with Crippen molar-refractivity contribution in [1.29, 1.82) is 0 Å². The second-order valence-corrected chi connectivity index (χ2v) is 9.01. The minimum Gasteiger partial charge on any atom is -0.369 e. The van der Waals surface area contributed by atoms with Gasteiger partial charge in [-0.3, -0.25) is 4.79 Å². The third kappa shape index (κ3) is 4.09. The molecule has 140 valence electrons. The van der Waals surface area contributed by atoms with Crippen LogP contribution in [0.25, 0.3) is 10.2 Å². The first-order valence-corrected chi connectivity index (χ1v) is 10.9. The van der Waals surface area contributed by atoms with Crippen molar-refractivity contribution in [1.82, 2.24) is 9.97 Å². The van der Waals surface area contributed by atoms with Crippen LogP contribution in [0.15, 0.2) is 35.5 Å². The molecule has 0 saturated carbocycles. The summed E-state index contributed by atoms with van der Waals surface area (Å²) in [4.78, 5) is 23.0. The van der Waals surface area contributed by atoms with Gasteiger partial charge in [0, 0.05) is 11.4 Å². The number of aryl methyl sites for hydroxylation is 1. The number of nitrogens with zero attached hydrogens (tertiary/aromatic N) is 2. The molecule has 1 aliphatic rings. The number of thioether (sulfide) groups is 1. The lowest BCUT2D eigenvalue weighted by molar-refractivity contribution is -0.115. The number of nitrogens with two attached hydrogens (primary N) is 1. The Kier molecular flexibility index (Phi) is 5.31. The highest BCUT2D eigenvalue weighted by Crippen LogP contribution is 2.40. The fraction of sp³-hybridized carbons (Fsp3) is 0.350. The number of aromatic nitrogens is 2. The van der Waals surface area contributed by atoms with Gasteiger partial charge in [0.05, 0.1) is 11.1 Å². The molecule has 0 fully saturated rings. The van der Waals surface area contributed by atoms with Crippen molar-refractivity contribution in [3.05, 3.63) is 46.3 Å². The summed E-state index contributed by atoms with van der Waals surface area (Å²) in [6.07, 6.45) is 3.39. The quantitative estimate of drug-likeness (QED) is 0.484. The van der Waals surface area contributed by atoms with Crippen LogP contribution < -0.4 is 11.1 Å². The molecule has 7 heteroatoms. The number of fused-ring (bicyclic) bond motifs is 3. The molecule has 0 saturated heterocycles. The number of nitrogens with one attached hydrogen (secondary N) is 1. The van der Waals surface area contributed by atoms with Crippen molar-refractivity contribution in [2.75, 3.05) is 11.1 Å². The first-order valence-electron chi connectivity index (χ1n) is 9.11. The van der Waals surface area contributed by atoms with Crippen molar-refractivity contribution < 1.29 is 4.79 Å². The summed E-state index contributed by atoms with van der Waals surface area (Å²) >= 11 is 3.06. The van der Waals surface area contributed by atoms with E-state index in [-0.39, 0.29) is 11.7 Å². The van der Waals surface area contributed by atoms with E-state index in [9.17, 15) is 4.79 Å². The fourth-order valence-corrected chi connectivity index (χ4v) is 5.46. The number of anilines is 1. The fourth-order valence-electron chi connectivity index (χ4n) is 3.43. The van der Waals surface area contributed by atoms with Crippen LogP contribution in [0, 0.1) is 5.92 Å². The molecule has 1 unspecified atom stereocenters. The first-order chi connectivity index (χ1) is 13.1. The Labute approximate surface area is 166 Å². The lowest BCUT2D eigenvalue weighted by atomic mass is 9.89. The smallest absolute Gasteiger partial charge is 0.227 e.